The summed E-state index contributed by atoms with van der Waals surface area (Å²) in [6.07, 6.45) is 18.2. The second-order valence-corrected chi connectivity index (χ2v) is 8.79. The van der Waals surface area contributed by atoms with Gasteiger partial charge in [0.2, 0.25) is 0 Å². The second-order valence-electron chi connectivity index (χ2n) is 8.79. The first-order valence-electron chi connectivity index (χ1n) is 11.7. The maximum atomic E-state index is 9.79. The first kappa shape index (κ1) is 20.7. The molecule has 0 radical (unpaired) electrons. The Hall–Kier alpha value is -2.54. The van der Waals surface area contributed by atoms with Gasteiger partial charge in [-0.25, -0.2) is 0 Å². The maximum Gasteiger partial charge on any atom is 0.115 e. The van der Waals surface area contributed by atoms with E-state index < -0.39 is 0 Å². The molecule has 0 aliphatic heterocycles. The van der Waals surface area contributed by atoms with E-state index in [-0.39, 0.29) is 0 Å². The van der Waals surface area contributed by atoms with Crippen LogP contribution in [0.15, 0.2) is 72.3 Å². The molecule has 0 spiro atoms. The highest BCUT2D eigenvalue weighted by Crippen LogP contribution is 2.40. The molecular formula is C29H34O. The molecule has 0 bridgehead atoms. The van der Waals surface area contributed by atoms with Crippen molar-refractivity contribution in [2.75, 3.05) is 0 Å². The van der Waals surface area contributed by atoms with Crippen LogP contribution in [0.4, 0.5) is 0 Å². The van der Waals surface area contributed by atoms with Gasteiger partial charge in [0, 0.05) is 0 Å². The number of hydrogen-bond donors (Lipinski definition) is 1. The van der Waals surface area contributed by atoms with Crippen molar-refractivity contribution in [3.63, 3.8) is 0 Å². The van der Waals surface area contributed by atoms with E-state index in [2.05, 4.69) is 61.5 Å². The molecule has 0 amide bonds. The molecule has 0 heterocycles. The van der Waals surface area contributed by atoms with Crippen molar-refractivity contribution in [3.05, 3.63) is 89.0 Å². The molecule has 2 aliphatic rings. The van der Waals surface area contributed by atoms with Crippen molar-refractivity contribution in [1.82, 2.24) is 0 Å². The average molecular weight is 399 g/mol. The predicted octanol–water partition coefficient (Wildman–Crippen LogP) is 8.31. The van der Waals surface area contributed by atoms with Gasteiger partial charge in [0.25, 0.3) is 0 Å². The highest BCUT2D eigenvalue weighted by atomic mass is 16.3. The fourth-order valence-corrected chi connectivity index (χ4v) is 4.82. The molecule has 0 aromatic heterocycles. The van der Waals surface area contributed by atoms with Gasteiger partial charge in [0.05, 0.1) is 0 Å². The van der Waals surface area contributed by atoms with E-state index in [1.54, 1.807) is 5.57 Å². The number of aromatic hydroxyl groups is 1. The van der Waals surface area contributed by atoms with Gasteiger partial charge in [-0.2, -0.15) is 0 Å². The molecule has 2 aliphatic carbocycles. The lowest BCUT2D eigenvalue weighted by Crippen LogP contribution is -2.13. The lowest BCUT2D eigenvalue weighted by atomic mass is 9.76. The lowest BCUT2D eigenvalue weighted by Gasteiger charge is -2.28. The zero-order chi connectivity index (χ0) is 20.8. The Bertz CT molecular complexity index is 911. The van der Waals surface area contributed by atoms with Gasteiger partial charge >= 0.3 is 0 Å². The molecule has 1 nitrogen and oxygen atoms in total. The van der Waals surface area contributed by atoms with Gasteiger partial charge in [0.15, 0.2) is 0 Å². The van der Waals surface area contributed by atoms with Crippen molar-refractivity contribution in [2.45, 2.75) is 64.7 Å². The Kier molecular flexibility index (Phi) is 6.89. The normalized spacial score (nSPS) is 18.3. The first-order chi connectivity index (χ1) is 14.8. The van der Waals surface area contributed by atoms with Crippen molar-refractivity contribution in [1.29, 1.82) is 0 Å². The molecular weight excluding hydrogens is 364 g/mol. The largest absolute Gasteiger partial charge is 0.508 e. The molecule has 156 valence electrons. The van der Waals surface area contributed by atoms with Crippen molar-refractivity contribution >= 4 is 11.1 Å². The zero-order valence-electron chi connectivity index (χ0n) is 18.2. The third-order valence-electron chi connectivity index (χ3n) is 6.74. The topological polar surface area (TPSA) is 20.2 Å². The summed E-state index contributed by atoms with van der Waals surface area (Å²) in [5.41, 5.74) is 8.33. The number of hydrogen-bond acceptors (Lipinski definition) is 1. The highest BCUT2D eigenvalue weighted by molar-refractivity contribution is 5.83. The van der Waals surface area contributed by atoms with Crippen LogP contribution in [0, 0.1) is 5.92 Å². The van der Waals surface area contributed by atoms with Crippen LogP contribution < -0.4 is 0 Å². The van der Waals surface area contributed by atoms with E-state index >= 15 is 0 Å². The quantitative estimate of drug-likeness (QED) is 0.396. The number of phenolic OH excluding ortho intramolecular Hbond substituents is 1. The maximum absolute atomic E-state index is 9.79. The van der Waals surface area contributed by atoms with E-state index in [1.165, 1.54) is 85.6 Å². The van der Waals surface area contributed by atoms with Crippen molar-refractivity contribution < 1.29 is 5.11 Å². The molecule has 2 saturated carbocycles. The molecule has 1 heteroatoms. The van der Waals surface area contributed by atoms with E-state index in [0.717, 1.165) is 0 Å². The fraction of sp³-hybridized carbons (Fsp3) is 0.379. The summed E-state index contributed by atoms with van der Waals surface area (Å²) >= 11 is 0. The molecule has 0 unspecified atom stereocenters. The molecule has 2 aromatic rings. The molecule has 2 aromatic carbocycles. The van der Waals surface area contributed by atoms with Crippen LogP contribution in [-0.2, 0) is 0 Å². The predicted molar refractivity (Wildman–Crippen MR) is 128 cm³/mol. The Morgan fingerprint density at radius 3 is 1.87 bits per heavy atom. The Morgan fingerprint density at radius 2 is 1.33 bits per heavy atom. The summed E-state index contributed by atoms with van der Waals surface area (Å²) in [6.45, 7) is 2.08. The Labute approximate surface area is 181 Å². The van der Waals surface area contributed by atoms with Crippen molar-refractivity contribution in [2.24, 2.45) is 5.92 Å². The van der Waals surface area contributed by atoms with Crippen LogP contribution in [0.5, 0.6) is 5.75 Å². The number of phenols is 1. The average Bonchev–Trinajstić information content (AvgIpc) is 3.01. The van der Waals surface area contributed by atoms with Crippen LogP contribution in [0.3, 0.4) is 0 Å². The van der Waals surface area contributed by atoms with Crippen molar-refractivity contribution in [3.8, 4) is 5.75 Å². The van der Waals surface area contributed by atoms with E-state index in [0.29, 0.717) is 11.7 Å². The lowest BCUT2D eigenvalue weighted by molar-refractivity contribution is 0.400. The minimum atomic E-state index is 0.332. The van der Waals surface area contributed by atoms with Crippen LogP contribution in [0.2, 0.25) is 0 Å². The van der Waals surface area contributed by atoms with Gasteiger partial charge in [-0.1, -0.05) is 79.5 Å². The van der Waals surface area contributed by atoms with E-state index in [9.17, 15) is 5.11 Å². The van der Waals surface area contributed by atoms with Gasteiger partial charge in [-0.15, -0.1) is 0 Å². The molecule has 30 heavy (non-hydrogen) atoms. The molecule has 4 rings (SSSR count). The Morgan fingerprint density at radius 1 is 0.767 bits per heavy atom. The third kappa shape index (κ3) is 4.78. The standard InChI is InChI=1S/C29H34O/c1-2-3-13-28(22-11-8-12-22)23-14-16-25(17-15-23)29(24-9-6-4-5-7-10-24)26-18-20-27(30)21-19-26/h2-3,13-22,30H,4-12H2,1H3/b3-2-,28-13+. The monoisotopic (exact) mass is 398 g/mol. The minimum absolute atomic E-state index is 0.332. The molecule has 1 N–H and O–H groups in total. The summed E-state index contributed by atoms with van der Waals surface area (Å²) in [4.78, 5) is 0. The number of rotatable bonds is 5. The second kappa shape index (κ2) is 9.98. The summed E-state index contributed by atoms with van der Waals surface area (Å²) in [5, 5.41) is 9.79. The molecule has 0 atom stereocenters. The number of benzene rings is 2. The van der Waals surface area contributed by atoms with Crippen LogP contribution in [0.25, 0.3) is 11.1 Å². The van der Waals surface area contributed by atoms with Gasteiger partial charge in [-0.05, 0) is 91.3 Å². The van der Waals surface area contributed by atoms with Gasteiger partial charge < -0.3 is 5.11 Å². The van der Waals surface area contributed by atoms with Gasteiger partial charge in [-0.3, -0.25) is 0 Å². The zero-order valence-corrected chi connectivity index (χ0v) is 18.2. The molecule has 0 saturated heterocycles. The highest BCUT2D eigenvalue weighted by Gasteiger charge is 2.23. The summed E-state index contributed by atoms with van der Waals surface area (Å²) in [6, 6.07) is 17.0. The van der Waals surface area contributed by atoms with Gasteiger partial charge in [0.1, 0.15) is 5.75 Å². The number of allylic oxidation sites excluding steroid dienone is 5. The summed E-state index contributed by atoms with van der Waals surface area (Å²) in [7, 11) is 0. The summed E-state index contributed by atoms with van der Waals surface area (Å²) in [5.74, 6) is 1.04. The molecule has 2 fully saturated rings. The van der Waals surface area contributed by atoms with E-state index in [4.69, 9.17) is 0 Å². The SMILES string of the molecule is C/C=C\C=C(\c1ccc(C(=C2CCCCCC2)c2ccc(O)cc2)cc1)C1CCC1. The summed E-state index contributed by atoms with van der Waals surface area (Å²) < 4.78 is 0. The van der Waals surface area contributed by atoms with Crippen LogP contribution >= 0.6 is 0 Å². The first-order valence-corrected chi connectivity index (χ1v) is 11.7. The Balaban J connectivity index is 1.72. The van der Waals surface area contributed by atoms with Crippen LogP contribution in [-0.4, -0.2) is 5.11 Å². The van der Waals surface area contributed by atoms with Crippen LogP contribution in [0.1, 0.15) is 81.4 Å². The third-order valence-corrected chi connectivity index (χ3v) is 6.74. The fourth-order valence-electron chi connectivity index (χ4n) is 4.82. The van der Waals surface area contributed by atoms with E-state index in [1.807, 2.05) is 12.1 Å². The smallest absolute Gasteiger partial charge is 0.115 e. The minimum Gasteiger partial charge on any atom is -0.508 e.